The first-order chi connectivity index (χ1) is 19.8. The highest BCUT2D eigenvalue weighted by atomic mass is 14.8. The molecule has 0 fully saturated rings. The Hall–Kier alpha value is -4.56. The maximum absolute atomic E-state index is 5.33. The van der Waals surface area contributed by atoms with Crippen molar-refractivity contribution in [2.75, 3.05) is 0 Å². The van der Waals surface area contributed by atoms with Crippen molar-refractivity contribution >= 4 is 22.6 Å². The summed E-state index contributed by atoms with van der Waals surface area (Å²) in [6.07, 6.45) is 14.2. The first kappa shape index (κ1) is 25.4. The van der Waals surface area contributed by atoms with E-state index in [4.69, 9.17) is 9.98 Å². The molecule has 3 aromatic carbocycles. The van der Waals surface area contributed by atoms with Gasteiger partial charge < -0.3 is 0 Å². The van der Waals surface area contributed by atoms with Crippen LogP contribution in [0.2, 0.25) is 0 Å². The minimum Gasteiger partial charge on any atom is -0.252 e. The van der Waals surface area contributed by atoms with Gasteiger partial charge in [0, 0.05) is 22.0 Å². The number of nitrogens with zero attached hydrogens (tertiary/aromatic N) is 2. The minimum atomic E-state index is -0.254. The van der Waals surface area contributed by atoms with Gasteiger partial charge in [-0.15, -0.1) is 0 Å². The molecule has 3 aromatic rings. The molecule has 0 atom stereocenters. The molecule has 0 saturated heterocycles. The Morgan fingerprint density at radius 2 is 0.951 bits per heavy atom. The molecule has 7 rings (SSSR count). The van der Waals surface area contributed by atoms with E-state index in [9.17, 15) is 0 Å². The molecule has 4 aliphatic rings. The topological polar surface area (TPSA) is 24.7 Å². The van der Waals surface area contributed by atoms with Gasteiger partial charge in [-0.05, 0) is 64.1 Å². The largest absolute Gasteiger partial charge is 0.252 e. The molecular formula is C39H34N2. The zero-order valence-corrected chi connectivity index (χ0v) is 24.1. The van der Waals surface area contributed by atoms with Crippen LogP contribution in [0.1, 0.15) is 56.4 Å². The molecule has 200 valence electrons. The summed E-state index contributed by atoms with van der Waals surface area (Å²) in [5.41, 5.74) is 13.6. The van der Waals surface area contributed by atoms with Crippen molar-refractivity contribution in [3.05, 3.63) is 166 Å². The third-order valence-corrected chi connectivity index (χ3v) is 9.01. The van der Waals surface area contributed by atoms with Crippen molar-refractivity contribution in [3.63, 3.8) is 0 Å². The molecule has 0 amide bonds. The summed E-state index contributed by atoms with van der Waals surface area (Å²) < 4.78 is 0. The van der Waals surface area contributed by atoms with Gasteiger partial charge in [-0.1, -0.05) is 125 Å². The highest BCUT2D eigenvalue weighted by Gasteiger charge is 2.34. The minimum absolute atomic E-state index is 0.254. The summed E-state index contributed by atoms with van der Waals surface area (Å²) in [6, 6.07) is 30.4. The Balaban J connectivity index is 1.49. The highest BCUT2D eigenvalue weighted by molar-refractivity contribution is 6.09. The molecule has 0 unspecified atom stereocenters. The predicted octanol–water partition coefficient (Wildman–Crippen LogP) is 9.36. The van der Waals surface area contributed by atoms with Crippen molar-refractivity contribution in [2.45, 2.75) is 44.9 Å². The lowest BCUT2D eigenvalue weighted by Gasteiger charge is -2.29. The molecule has 8 bridgehead atoms. The Bertz CT molecular complexity index is 1680. The summed E-state index contributed by atoms with van der Waals surface area (Å²) >= 11 is 0. The van der Waals surface area contributed by atoms with Crippen LogP contribution in [-0.4, -0.2) is 11.4 Å². The van der Waals surface area contributed by atoms with E-state index in [0.717, 1.165) is 29.2 Å². The first-order valence-electron chi connectivity index (χ1n) is 14.5. The molecule has 3 heterocycles. The SMILES string of the molecule is CC1(C)C2=N/C(=C(/c3ccccc3)C3=CC=C(C3)/C(c3ccccc3)=C3/C=CC(=N3)C(C)(C)c3cccc1c3)C=C2. The molecule has 0 radical (unpaired) electrons. The second-order valence-corrected chi connectivity index (χ2v) is 12.3. The smallest absolute Gasteiger partial charge is 0.0715 e. The van der Waals surface area contributed by atoms with E-state index in [2.05, 4.69) is 149 Å². The molecule has 2 nitrogen and oxygen atoms in total. The lowest BCUT2D eigenvalue weighted by molar-refractivity contribution is 0.695. The summed E-state index contributed by atoms with van der Waals surface area (Å²) in [6.45, 7) is 9.13. The molecular weight excluding hydrogens is 496 g/mol. The first-order valence-corrected chi connectivity index (χ1v) is 14.5. The van der Waals surface area contributed by atoms with Crippen LogP contribution < -0.4 is 0 Å². The standard InChI is InChI=1S/C39H34N2/c1-38(2)30-16-11-17-31(25-30)39(3,4)35-23-21-33(41-35)37(27-14-9-6-10-15-27)29-19-18-28(24-29)36(26-12-7-5-8-13-26)32-20-22-34(38)40-32/h5-23,25H,24H2,1-4H3/b36-32-,37-33-. The Kier molecular flexibility index (Phi) is 5.90. The number of hydrogen-bond acceptors (Lipinski definition) is 2. The van der Waals surface area contributed by atoms with Gasteiger partial charge >= 0.3 is 0 Å². The van der Waals surface area contributed by atoms with Crippen molar-refractivity contribution < 1.29 is 0 Å². The van der Waals surface area contributed by atoms with Gasteiger partial charge in [0.1, 0.15) is 0 Å². The van der Waals surface area contributed by atoms with Crippen LogP contribution in [0.3, 0.4) is 0 Å². The Morgan fingerprint density at radius 3 is 1.39 bits per heavy atom. The number of hydrogen-bond donors (Lipinski definition) is 0. The lowest BCUT2D eigenvalue weighted by Crippen LogP contribution is -2.30. The normalized spacial score (nSPS) is 23.7. The summed E-state index contributed by atoms with van der Waals surface area (Å²) in [5, 5.41) is 0. The molecule has 1 aliphatic carbocycles. The highest BCUT2D eigenvalue weighted by Crippen LogP contribution is 2.44. The number of rotatable bonds is 2. The van der Waals surface area contributed by atoms with Gasteiger partial charge in [-0.2, -0.15) is 0 Å². The van der Waals surface area contributed by atoms with Crippen LogP contribution in [0.15, 0.2) is 154 Å². The molecule has 41 heavy (non-hydrogen) atoms. The van der Waals surface area contributed by atoms with E-state index in [1.54, 1.807) is 0 Å². The molecule has 0 N–H and O–H groups in total. The maximum Gasteiger partial charge on any atom is 0.0715 e. The van der Waals surface area contributed by atoms with Crippen molar-refractivity contribution in [1.29, 1.82) is 0 Å². The maximum atomic E-state index is 5.33. The monoisotopic (exact) mass is 530 g/mol. The molecule has 3 aliphatic heterocycles. The van der Waals surface area contributed by atoms with E-state index in [0.29, 0.717) is 0 Å². The fourth-order valence-electron chi connectivity index (χ4n) is 6.36. The van der Waals surface area contributed by atoms with Gasteiger partial charge in [0.25, 0.3) is 0 Å². The summed E-state index contributed by atoms with van der Waals surface area (Å²) in [7, 11) is 0. The van der Waals surface area contributed by atoms with Crippen molar-refractivity contribution in [1.82, 2.24) is 0 Å². The van der Waals surface area contributed by atoms with Crippen LogP contribution in [0.25, 0.3) is 11.1 Å². The third-order valence-electron chi connectivity index (χ3n) is 9.01. The van der Waals surface area contributed by atoms with Crippen molar-refractivity contribution in [2.24, 2.45) is 9.98 Å². The number of benzene rings is 3. The lowest BCUT2D eigenvalue weighted by atomic mass is 9.75. The predicted molar refractivity (Wildman–Crippen MR) is 173 cm³/mol. The average Bonchev–Trinajstić information content (AvgIpc) is 3.77. The summed E-state index contributed by atoms with van der Waals surface area (Å²) in [5.74, 6) is 0. The second-order valence-electron chi connectivity index (χ2n) is 12.3. The van der Waals surface area contributed by atoms with E-state index >= 15 is 0 Å². The molecule has 2 heteroatoms. The Labute approximate surface area is 243 Å². The number of allylic oxidation sites excluding steroid dienone is 10. The molecule has 0 saturated carbocycles. The summed E-state index contributed by atoms with van der Waals surface area (Å²) in [4.78, 5) is 10.7. The molecule has 0 aromatic heterocycles. The fraction of sp³-hybridized carbons (Fsp3) is 0.179. The second kappa shape index (κ2) is 9.52. The van der Waals surface area contributed by atoms with Gasteiger partial charge in [-0.25, -0.2) is 0 Å². The number of fused-ring (bicyclic) bond motifs is 6. The van der Waals surface area contributed by atoms with Crippen LogP contribution in [0, 0.1) is 0 Å². The third kappa shape index (κ3) is 4.26. The zero-order valence-electron chi connectivity index (χ0n) is 24.1. The van der Waals surface area contributed by atoms with Gasteiger partial charge in [-0.3, -0.25) is 9.98 Å². The van der Waals surface area contributed by atoms with Crippen molar-refractivity contribution in [3.8, 4) is 0 Å². The van der Waals surface area contributed by atoms with Gasteiger partial charge in [0.15, 0.2) is 0 Å². The average molecular weight is 531 g/mol. The van der Waals surface area contributed by atoms with Crippen LogP contribution in [-0.2, 0) is 10.8 Å². The zero-order chi connectivity index (χ0) is 28.2. The van der Waals surface area contributed by atoms with Crippen LogP contribution in [0.4, 0.5) is 0 Å². The molecule has 0 spiro atoms. The van der Waals surface area contributed by atoms with Crippen LogP contribution in [0.5, 0.6) is 0 Å². The van der Waals surface area contributed by atoms with E-state index in [1.807, 2.05) is 0 Å². The Morgan fingerprint density at radius 1 is 0.512 bits per heavy atom. The van der Waals surface area contributed by atoms with Gasteiger partial charge in [0.05, 0.1) is 22.8 Å². The number of aliphatic imine (C=N–C) groups is 2. The van der Waals surface area contributed by atoms with E-state index < -0.39 is 0 Å². The fourth-order valence-corrected chi connectivity index (χ4v) is 6.36. The quantitative estimate of drug-likeness (QED) is 0.315. The van der Waals surface area contributed by atoms with Crippen LogP contribution >= 0.6 is 0 Å². The van der Waals surface area contributed by atoms with Gasteiger partial charge in [0.2, 0.25) is 0 Å². The van der Waals surface area contributed by atoms with E-state index in [-0.39, 0.29) is 10.8 Å². The van der Waals surface area contributed by atoms with E-state index in [1.165, 1.54) is 44.5 Å².